The molecule has 2 aromatic heterocycles. The quantitative estimate of drug-likeness (QED) is 0.615. The monoisotopic (exact) mass is 367 g/mol. The molecule has 6 heteroatoms. The summed E-state index contributed by atoms with van der Waals surface area (Å²) in [5.41, 5.74) is 3.36. The zero-order valence-electron chi connectivity index (χ0n) is 11.3. The van der Waals surface area contributed by atoms with E-state index in [0.29, 0.717) is 0 Å². The van der Waals surface area contributed by atoms with Gasteiger partial charge in [-0.1, -0.05) is 23.9 Å². The minimum absolute atomic E-state index is 0.884. The number of hydrogen-bond acceptors (Lipinski definition) is 4. The Labute approximate surface area is 134 Å². The third-order valence-electron chi connectivity index (χ3n) is 3.06. The second-order valence-corrected chi connectivity index (χ2v) is 7.44. The lowest BCUT2D eigenvalue weighted by atomic mass is 10.3. The van der Waals surface area contributed by atoms with Gasteiger partial charge in [-0.2, -0.15) is 5.10 Å². The Bertz CT molecular complexity index is 715. The van der Waals surface area contributed by atoms with Crippen LogP contribution in [0.15, 0.2) is 33.1 Å². The molecule has 3 nitrogen and oxygen atoms in total. The molecule has 0 aliphatic heterocycles. The van der Waals surface area contributed by atoms with Gasteiger partial charge in [0.25, 0.3) is 0 Å². The normalized spacial score (nSPS) is 11.3. The van der Waals surface area contributed by atoms with Gasteiger partial charge in [-0.25, -0.2) is 4.98 Å². The van der Waals surface area contributed by atoms with Gasteiger partial charge in [-0.05, 0) is 41.9 Å². The van der Waals surface area contributed by atoms with Crippen LogP contribution in [-0.2, 0) is 12.3 Å². The molecule has 0 fully saturated rings. The Kier molecular flexibility index (Phi) is 4.14. The topological polar surface area (TPSA) is 30.7 Å². The second-order valence-electron chi connectivity index (χ2n) is 4.40. The number of nitrogens with zero attached hydrogens (tertiary/aromatic N) is 3. The Balaban J connectivity index is 1.82. The number of aryl methyl sites for hydroxylation is 2. The Morgan fingerprint density at radius 3 is 2.90 bits per heavy atom. The highest BCUT2D eigenvalue weighted by Crippen LogP contribution is 2.33. The standard InChI is InChI=1S/C14H14BrN3S2/c1-3-18-11(13(15)9(2)17-18)8-19-14-16-10-6-4-5-7-12(10)20-14/h4-7H,3,8H2,1-2H3. The van der Waals surface area contributed by atoms with Gasteiger partial charge in [0, 0.05) is 12.3 Å². The van der Waals surface area contributed by atoms with Crippen molar-refractivity contribution >= 4 is 49.2 Å². The van der Waals surface area contributed by atoms with E-state index in [1.54, 1.807) is 23.1 Å². The highest BCUT2D eigenvalue weighted by molar-refractivity contribution is 9.10. The average Bonchev–Trinajstić information content (AvgIpc) is 2.98. The van der Waals surface area contributed by atoms with E-state index in [1.165, 1.54) is 10.4 Å². The van der Waals surface area contributed by atoms with Gasteiger partial charge >= 0.3 is 0 Å². The number of aromatic nitrogens is 3. The summed E-state index contributed by atoms with van der Waals surface area (Å²) in [6.45, 7) is 5.04. The first kappa shape index (κ1) is 14.1. The summed E-state index contributed by atoms with van der Waals surface area (Å²) in [5.74, 6) is 0.884. The van der Waals surface area contributed by atoms with E-state index in [9.17, 15) is 0 Å². The first-order valence-corrected chi connectivity index (χ1v) is 8.98. The molecule has 20 heavy (non-hydrogen) atoms. The first-order chi connectivity index (χ1) is 9.69. The van der Waals surface area contributed by atoms with Crippen molar-refractivity contribution in [1.29, 1.82) is 0 Å². The maximum atomic E-state index is 4.66. The SMILES string of the molecule is CCn1nc(C)c(Br)c1CSc1nc2ccccc2s1. The summed E-state index contributed by atoms with van der Waals surface area (Å²) < 4.78 is 5.53. The van der Waals surface area contributed by atoms with Crippen molar-refractivity contribution in [3.63, 3.8) is 0 Å². The van der Waals surface area contributed by atoms with Crippen LogP contribution in [0.2, 0.25) is 0 Å². The van der Waals surface area contributed by atoms with Crippen molar-refractivity contribution < 1.29 is 0 Å². The maximum absolute atomic E-state index is 4.66. The molecule has 0 atom stereocenters. The van der Waals surface area contributed by atoms with Gasteiger partial charge in [0.2, 0.25) is 0 Å². The van der Waals surface area contributed by atoms with Crippen LogP contribution < -0.4 is 0 Å². The number of halogens is 1. The van der Waals surface area contributed by atoms with E-state index in [4.69, 9.17) is 0 Å². The molecule has 104 valence electrons. The zero-order chi connectivity index (χ0) is 14.1. The first-order valence-electron chi connectivity index (χ1n) is 6.39. The number of para-hydroxylation sites is 1. The van der Waals surface area contributed by atoms with Crippen LogP contribution in [0.5, 0.6) is 0 Å². The highest BCUT2D eigenvalue weighted by Gasteiger charge is 2.13. The third-order valence-corrected chi connectivity index (χ3v) is 6.28. The Morgan fingerprint density at radius 2 is 2.15 bits per heavy atom. The van der Waals surface area contributed by atoms with Gasteiger partial charge in [-0.15, -0.1) is 11.3 Å². The van der Waals surface area contributed by atoms with Crippen molar-refractivity contribution in [1.82, 2.24) is 14.8 Å². The number of fused-ring (bicyclic) bond motifs is 1. The lowest BCUT2D eigenvalue weighted by Gasteiger charge is -2.03. The van der Waals surface area contributed by atoms with Gasteiger partial charge in [0.15, 0.2) is 4.34 Å². The molecule has 2 heterocycles. The largest absolute Gasteiger partial charge is 0.268 e. The average molecular weight is 368 g/mol. The molecule has 0 bridgehead atoms. The molecule has 3 aromatic rings. The predicted octanol–water partition coefficient (Wildman–Crippen LogP) is 4.88. The number of rotatable bonds is 4. The number of benzene rings is 1. The van der Waals surface area contributed by atoms with Gasteiger partial charge in [0.05, 0.1) is 26.1 Å². The third kappa shape index (κ3) is 2.64. The minimum atomic E-state index is 0.884. The fourth-order valence-corrected chi connectivity index (χ4v) is 4.75. The number of thiazole rings is 1. The van der Waals surface area contributed by atoms with Crippen molar-refractivity contribution in [3.05, 3.63) is 40.1 Å². The van der Waals surface area contributed by atoms with Gasteiger partial charge < -0.3 is 0 Å². The maximum Gasteiger partial charge on any atom is 0.151 e. The molecule has 0 aliphatic carbocycles. The smallest absolute Gasteiger partial charge is 0.151 e. The summed E-state index contributed by atoms with van der Waals surface area (Å²) in [5, 5.41) is 4.52. The van der Waals surface area contributed by atoms with Crippen LogP contribution in [-0.4, -0.2) is 14.8 Å². The molecular weight excluding hydrogens is 354 g/mol. The van der Waals surface area contributed by atoms with Crippen molar-refractivity contribution in [2.24, 2.45) is 0 Å². The van der Waals surface area contributed by atoms with Gasteiger partial charge in [0.1, 0.15) is 0 Å². The molecule has 0 saturated carbocycles. The fourth-order valence-electron chi connectivity index (χ4n) is 2.05. The molecule has 3 rings (SSSR count). The van der Waals surface area contributed by atoms with Crippen LogP contribution in [0.3, 0.4) is 0 Å². The lowest BCUT2D eigenvalue weighted by molar-refractivity contribution is 0.631. The van der Waals surface area contributed by atoms with Crippen LogP contribution >= 0.6 is 39.0 Å². The molecule has 0 amide bonds. The molecule has 0 spiro atoms. The van der Waals surface area contributed by atoms with Gasteiger partial charge in [-0.3, -0.25) is 4.68 Å². The molecule has 0 saturated heterocycles. The molecule has 1 aromatic carbocycles. The summed E-state index contributed by atoms with van der Waals surface area (Å²) in [7, 11) is 0. The summed E-state index contributed by atoms with van der Waals surface area (Å²) in [4.78, 5) is 4.66. The minimum Gasteiger partial charge on any atom is -0.268 e. The summed E-state index contributed by atoms with van der Waals surface area (Å²) in [6.07, 6.45) is 0. The second kappa shape index (κ2) is 5.87. The van der Waals surface area contributed by atoms with Crippen molar-refractivity contribution in [3.8, 4) is 0 Å². The Morgan fingerprint density at radius 1 is 1.35 bits per heavy atom. The van der Waals surface area contributed by atoms with E-state index >= 15 is 0 Å². The predicted molar refractivity (Wildman–Crippen MR) is 89.5 cm³/mol. The van der Waals surface area contributed by atoms with Crippen molar-refractivity contribution in [2.75, 3.05) is 0 Å². The van der Waals surface area contributed by atoms with E-state index in [2.05, 4.69) is 55.8 Å². The van der Waals surface area contributed by atoms with Crippen LogP contribution in [0.25, 0.3) is 10.2 Å². The lowest BCUT2D eigenvalue weighted by Crippen LogP contribution is -2.01. The van der Waals surface area contributed by atoms with E-state index in [0.717, 1.165) is 32.3 Å². The highest BCUT2D eigenvalue weighted by atomic mass is 79.9. The molecule has 0 unspecified atom stereocenters. The molecule has 0 N–H and O–H groups in total. The fraction of sp³-hybridized carbons (Fsp3) is 0.286. The van der Waals surface area contributed by atoms with Crippen LogP contribution in [0.1, 0.15) is 18.3 Å². The van der Waals surface area contributed by atoms with Crippen molar-refractivity contribution in [2.45, 2.75) is 30.5 Å². The van der Waals surface area contributed by atoms with E-state index in [1.807, 2.05) is 13.0 Å². The van der Waals surface area contributed by atoms with E-state index in [-0.39, 0.29) is 0 Å². The molecular formula is C14H14BrN3S2. The van der Waals surface area contributed by atoms with Crippen LogP contribution in [0.4, 0.5) is 0 Å². The van der Waals surface area contributed by atoms with Crippen LogP contribution in [0, 0.1) is 6.92 Å². The van der Waals surface area contributed by atoms with E-state index < -0.39 is 0 Å². The Hall–Kier alpha value is -0.850. The summed E-state index contributed by atoms with van der Waals surface area (Å²) in [6, 6.07) is 8.27. The number of hydrogen-bond donors (Lipinski definition) is 0. The zero-order valence-corrected chi connectivity index (χ0v) is 14.5. The summed E-state index contributed by atoms with van der Waals surface area (Å²) >= 11 is 7.16. The number of thioether (sulfide) groups is 1. The molecule has 0 radical (unpaired) electrons. The molecule has 0 aliphatic rings.